The fourth-order valence-corrected chi connectivity index (χ4v) is 2.41. The van der Waals surface area contributed by atoms with Crippen LogP contribution in [0.3, 0.4) is 0 Å². The Hall–Kier alpha value is -2.70. The van der Waals surface area contributed by atoms with E-state index in [1.807, 2.05) is 24.6 Å². The van der Waals surface area contributed by atoms with Crippen molar-refractivity contribution in [2.24, 2.45) is 0 Å². The van der Waals surface area contributed by atoms with Crippen molar-refractivity contribution in [3.05, 3.63) is 35.7 Å². The van der Waals surface area contributed by atoms with Crippen molar-refractivity contribution >= 4 is 17.0 Å². The molecule has 0 saturated carbocycles. The monoisotopic (exact) mass is 284 g/mol. The van der Waals surface area contributed by atoms with Crippen LogP contribution in [-0.4, -0.2) is 31.6 Å². The molecule has 3 aromatic rings. The fraction of sp³-hybridized carbons (Fsp3) is 0.286. The fourth-order valence-electron chi connectivity index (χ4n) is 2.41. The Labute approximate surface area is 121 Å². The second kappa shape index (κ2) is 5.01. The number of fused-ring (bicyclic) bond motifs is 1. The first-order valence-electron chi connectivity index (χ1n) is 6.52. The molecule has 0 aromatic carbocycles. The van der Waals surface area contributed by atoms with E-state index in [-0.39, 0.29) is 0 Å². The lowest BCUT2D eigenvalue weighted by molar-refractivity contribution is 0.406. The Morgan fingerprint density at radius 3 is 2.76 bits per heavy atom. The quantitative estimate of drug-likeness (QED) is 0.783. The van der Waals surface area contributed by atoms with Gasteiger partial charge < -0.3 is 15.0 Å². The van der Waals surface area contributed by atoms with Crippen LogP contribution in [-0.2, 0) is 6.54 Å². The highest BCUT2D eigenvalue weighted by Gasteiger charge is 2.13. The van der Waals surface area contributed by atoms with E-state index in [9.17, 15) is 0 Å². The molecule has 0 unspecified atom stereocenters. The number of rotatable bonds is 3. The third kappa shape index (κ3) is 2.16. The summed E-state index contributed by atoms with van der Waals surface area (Å²) in [7, 11) is 1.67. The van der Waals surface area contributed by atoms with Gasteiger partial charge in [0.05, 0.1) is 25.7 Å². The van der Waals surface area contributed by atoms with Crippen LogP contribution in [0.4, 0.5) is 5.82 Å². The number of aromatic nitrogens is 5. The van der Waals surface area contributed by atoms with Gasteiger partial charge in [0, 0.05) is 17.3 Å². The minimum atomic E-state index is 0.380. The predicted octanol–water partition coefficient (Wildman–Crippen LogP) is 1.48. The van der Waals surface area contributed by atoms with Gasteiger partial charge in [0.25, 0.3) is 0 Å². The van der Waals surface area contributed by atoms with Crippen LogP contribution in [0, 0.1) is 13.8 Å². The van der Waals surface area contributed by atoms with Gasteiger partial charge in [0.2, 0.25) is 0 Å². The molecule has 7 heteroatoms. The average Bonchev–Trinajstić information content (AvgIpc) is 2.87. The maximum absolute atomic E-state index is 5.80. The molecule has 0 fully saturated rings. The number of imidazole rings is 1. The molecule has 0 aliphatic heterocycles. The number of pyridine rings is 1. The van der Waals surface area contributed by atoms with Crippen molar-refractivity contribution in [2.45, 2.75) is 20.4 Å². The zero-order valence-corrected chi connectivity index (χ0v) is 12.2. The lowest BCUT2D eigenvalue weighted by Gasteiger charge is -2.12. The lowest BCUT2D eigenvalue weighted by atomic mass is 10.1. The molecule has 3 heterocycles. The molecule has 108 valence electrons. The average molecular weight is 284 g/mol. The summed E-state index contributed by atoms with van der Waals surface area (Å²) in [6.07, 6.45) is 4.94. The molecular formula is C14H16N6O. The van der Waals surface area contributed by atoms with Gasteiger partial charge in [-0.2, -0.15) is 0 Å². The van der Waals surface area contributed by atoms with E-state index in [2.05, 4.69) is 19.9 Å². The number of nitrogens with zero attached hydrogens (tertiary/aromatic N) is 5. The molecule has 0 aliphatic carbocycles. The van der Waals surface area contributed by atoms with Crippen molar-refractivity contribution in [3.63, 3.8) is 0 Å². The molecule has 3 aromatic heterocycles. The van der Waals surface area contributed by atoms with Crippen LogP contribution in [0.5, 0.6) is 5.75 Å². The van der Waals surface area contributed by atoms with Gasteiger partial charge in [-0.15, -0.1) is 0 Å². The second-order valence-electron chi connectivity index (χ2n) is 4.85. The maximum atomic E-state index is 5.80. The number of aryl methyl sites for hydroxylation is 1. The predicted molar refractivity (Wildman–Crippen MR) is 79.1 cm³/mol. The van der Waals surface area contributed by atoms with E-state index >= 15 is 0 Å². The molecular weight excluding hydrogens is 268 g/mol. The van der Waals surface area contributed by atoms with Gasteiger partial charge in [-0.05, 0) is 13.8 Å². The summed E-state index contributed by atoms with van der Waals surface area (Å²) in [6.45, 7) is 4.52. The molecule has 7 nitrogen and oxygen atoms in total. The second-order valence-corrected chi connectivity index (χ2v) is 4.85. The van der Waals surface area contributed by atoms with Crippen LogP contribution in [0.2, 0.25) is 0 Å². The Balaban J connectivity index is 2.05. The van der Waals surface area contributed by atoms with Crippen molar-refractivity contribution in [2.75, 3.05) is 12.8 Å². The van der Waals surface area contributed by atoms with Gasteiger partial charge >= 0.3 is 0 Å². The Bertz CT molecular complexity index is 811. The number of anilines is 1. The zero-order chi connectivity index (χ0) is 15.0. The van der Waals surface area contributed by atoms with Gasteiger partial charge in [-0.25, -0.2) is 15.0 Å². The Morgan fingerprint density at radius 1 is 1.19 bits per heavy atom. The number of ether oxygens (including phenoxy) is 1. The SMILES string of the molecule is COc1c(C)cnc(Cn2cnc3c(N)ncnc32)c1C. The normalized spacial score (nSPS) is 11.0. The smallest absolute Gasteiger partial charge is 0.165 e. The van der Waals surface area contributed by atoms with E-state index in [4.69, 9.17) is 10.5 Å². The molecule has 0 radical (unpaired) electrons. The minimum absolute atomic E-state index is 0.380. The maximum Gasteiger partial charge on any atom is 0.165 e. The first kappa shape index (κ1) is 13.3. The summed E-state index contributed by atoms with van der Waals surface area (Å²) in [5.74, 6) is 1.24. The molecule has 0 bridgehead atoms. The van der Waals surface area contributed by atoms with Crippen LogP contribution >= 0.6 is 0 Å². The van der Waals surface area contributed by atoms with E-state index in [1.165, 1.54) is 6.33 Å². The first-order valence-corrected chi connectivity index (χ1v) is 6.52. The van der Waals surface area contributed by atoms with Crippen LogP contribution < -0.4 is 10.5 Å². The molecule has 0 aliphatic rings. The van der Waals surface area contributed by atoms with E-state index in [1.54, 1.807) is 13.4 Å². The van der Waals surface area contributed by atoms with Crippen molar-refractivity contribution in [3.8, 4) is 5.75 Å². The summed E-state index contributed by atoms with van der Waals surface area (Å²) in [5, 5.41) is 0. The standard InChI is InChI=1S/C14H16N6O/c1-8-4-16-10(9(2)12(8)21-3)5-20-7-19-11-13(15)17-6-18-14(11)20/h4,6-7H,5H2,1-3H3,(H2,15,17,18). The molecule has 21 heavy (non-hydrogen) atoms. The van der Waals surface area contributed by atoms with Gasteiger partial charge in [0.1, 0.15) is 17.6 Å². The van der Waals surface area contributed by atoms with Crippen molar-refractivity contribution < 1.29 is 4.74 Å². The Morgan fingerprint density at radius 2 is 2.00 bits per heavy atom. The van der Waals surface area contributed by atoms with Crippen LogP contribution in [0.1, 0.15) is 16.8 Å². The number of hydrogen-bond acceptors (Lipinski definition) is 6. The van der Waals surface area contributed by atoms with Crippen molar-refractivity contribution in [1.29, 1.82) is 0 Å². The van der Waals surface area contributed by atoms with Crippen LogP contribution in [0.15, 0.2) is 18.9 Å². The number of hydrogen-bond donors (Lipinski definition) is 1. The molecule has 0 spiro atoms. The summed E-state index contributed by atoms with van der Waals surface area (Å²) >= 11 is 0. The van der Waals surface area contributed by atoms with Gasteiger partial charge in [-0.1, -0.05) is 0 Å². The highest BCUT2D eigenvalue weighted by molar-refractivity contribution is 5.81. The number of nitrogen functional groups attached to an aromatic ring is 1. The van der Waals surface area contributed by atoms with E-state index < -0.39 is 0 Å². The number of methoxy groups -OCH3 is 1. The zero-order valence-electron chi connectivity index (χ0n) is 12.2. The first-order chi connectivity index (χ1) is 10.1. The molecule has 0 saturated heterocycles. The van der Waals surface area contributed by atoms with E-state index in [0.717, 1.165) is 22.6 Å². The summed E-state index contributed by atoms with van der Waals surface area (Å²) in [4.78, 5) is 16.9. The summed E-state index contributed by atoms with van der Waals surface area (Å²) < 4.78 is 7.33. The summed E-state index contributed by atoms with van der Waals surface area (Å²) in [5.41, 5.74) is 10.0. The molecule has 0 amide bonds. The van der Waals surface area contributed by atoms with Crippen molar-refractivity contribution in [1.82, 2.24) is 24.5 Å². The van der Waals surface area contributed by atoms with Crippen LogP contribution in [0.25, 0.3) is 11.2 Å². The molecule has 2 N–H and O–H groups in total. The van der Waals surface area contributed by atoms with Gasteiger partial charge in [0.15, 0.2) is 11.5 Å². The topological polar surface area (TPSA) is 91.7 Å². The summed E-state index contributed by atoms with van der Waals surface area (Å²) in [6, 6.07) is 0. The third-order valence-corrected chi connectivity index (χ3v) is 3.50. The third-order valence-electron chi connectivity index (χ3n) is 3.50. The highest BCUT2D eigenvalue weighted by atomic mass is 16.5. The van der Waals surface area contributed by atoms with Gasteiger partial charge in [-0.3, -0.25) is 4.98 Å². The molecule has 0 atom stereocenters. The Kier molecular flexibility index (Phi) is 3.17. The largest absolute Gasteiger partial charge is 0.496 e. The lowest BCUT2D eigenvalue weighted by Crippen LogP contribution is -2.06. The molecule has 3 rings (SSSR count). The number of nitrogens with two attached hydrogens (primary N) is 1. The highest BCUT2D eigenvalue weighted by Crippen LogP contribution is 2.25. The minimum Gasteiger partial charge on any atom is -0.496 e. The van der Waals surface area contributed by atoms with E-state index in [0.29, 0.717) is 23.5 Å².